The minimum atomic E-state index is -1.05. The van der Waals surface area contributed by atoms with E-state index < -0.39 is 23.9 Å². The van der Waals surface area contributed by atoms with Gasteiger partial charge in [0.2, 0.25) is 0 Å². The van der Waals surface area contributed by atoms with Crippen molar-refractivity contribution in [2.75, 3.05) is 44.7 Å². The number of likely N-dealkylation sites (tertiary alicyclic amines) is 1. The number of alkyl halides is 1. The molecule has 0 aliphatic carbocycles. The molecule has 3 aromatic rings. The van der Waals surface area contributed by atoms with Gasteiger partial charge in [-0.3, -0.25) is 9.69 Å². The van der Waals surface area contributed by atoms with Gasteiger partial charge in [0.05, 0.1) is 36.9 Å². The SMILES string of the molecule is C=C(F)C(=O)N1CCN(c2nc(OC[C@@H]3C[C@H](F)CN3C)nc3c2COC(c2cccc4cccc(C)c24)C3)C[C@@H]1CC#N. The topological polar surface area (TPSA) is 94.8 Å². The Hall–Kier alpha value is -4.14. The van der Waals surface area contributed by atoms with Crippen molar-refractivity contribution >= 4 is 22.5 Å². The summed E-state index contributed by atoms with van der Waals surface area (Å²) < 4.78 is 40.4. The Morgan fingerprint density at radius 2 is 1.98 bits per heavy atom. The number of carbonyl (C=O) groups excluding carboxylic acids is 1. The summed E-state index contributed by atoms with van der Waals surface area (Å²) in [7, 11) is 1.88. The average Bonchev–Trinajstić information content (AvgIpc) is 3.35. The zero-order chi connectivity index (χ0) is 31.0. The van der Waals surface area contributed by atoms with Crippen LogP contribution in [-0.4, -0.2) is 83.8 Å². The Morgan fingerprint density at radius 3 is 2.70 bits per heavy atom. The lowest BCUT2D eigenvalue weighted by atomic mass is 9.92. The van der Waals surface area contributed by atoms with E-state index in [4.69, 9.17) is 19.4 Å². The molecule has 1 amide bonds. The van der Waals surface area contributed by atoms with Crippen LogP contribution in [0.1, 0.15) is 41.3 Å². The summed E-state index contributed by atoms with van der Waals surface area (Å²) in [5, 5.41) is 11.8. The lowest BCUT2D eigenvalue weighted by Crippen LogP contribution is -2.55. The zero-order valence-corrected chi connectivity index (χ0v) is 25.0. The smallest absolute Gasteiger partial charge is 0.318 e. The monoisotopic (exact) mass is 602 g/mol. The van der Waals surface area contributed by atoms with Crippen molar-refractivity contribution in [3.63, 3.8) is 0 Å². The molecule has 44 heavy (non-hydrogen) atoms. The number of anilines is 1. The van der Waals surface area contributed by atoms with Crippen LogP contribution in [0, 0.1) is 18.3 Å². The van der Waals surface area contributed by atoms with Gasteiger partial charge in [-0.25, -0.2) is 8.78 Å². The van der Waals surface area contributed by atoms with Gasteiger partial charge in [-0.05, 0) is 42.3 Å². The van der Waals surface area contributed by atoms with E-state index in [2.05, 4.69) is 43.8 Å². The molecule has 1 unspecified atom stereocenters. The van der Waals surface area contributed by atoms with Crippen LogP contribution in [0.2, 0.25) is 0 Å². The van der Waals surface area contributed by atoms with Crippen molar-refractivity contribution in [1.29, 1.82) is 5.26 Å². The minimum Gasteiger partial charge on any atom is -0.462 e. The predicted octanol–water partition coefficient (Wildman–Crippen LogP) is 4.59. The van der Waals surface area contributed by atoms with E-state index in [0.717, 1.165) is 27.6 Å². The third kappa shape index (κ3) is 5.84. The fourth-order valence-electron chi connectivity index (χ4n) is 6.72. The molecule has 3 aliphatic heterocycles. The van der Waals surface area contributed by atoms with Crippen LogP contribution in [0.4, 0.5) is 14.6 Å². The first kappa shape index (κ1) is 29.9. The van der Waals surface area contributed by atoms with E-state index in [0.29, 0.717) is 31.7 Å². The van der Waals surface area contributed by atoms with Gasteiger partial charge in [0.15, 0.2) is 5.83 Å². The fourth-order valence-corrected chi connectivity index (χ4v) is 6.72. The van der Waals surface area contributed by atoms with Gasteiger partial charge in [-0.2, -0.15) is 15.2 Å². The van der Waals surface area contributed by atoms with Crippen molar-refractivity contribution in [2.45, 2.75) is 57.2 Å². The summed E-state index contributed by atoms with van der Waals surface area (Å²) in [5.74, 6) is -1.25. The highest BCUT2D eigenvalue weighted by molar-refractivity contribution is 5.91. The lowest BCUT2D eigenvalue weighted by molar-refractivity contribution is -0.131. The zero-order valence-electron chi connectivity index (χ0n) is 25.0. The number of hydrogen-bond acceptors (Lipinski definition) is 8. The Labute approximate surface area is 255 Å². The standard InChI is InChI=1S/C33H36F2N6O3/c1-20-6-4-7-22-8-5-9-26(30(20)22)29-15-28-27(19-43-29)31(38-33(37-28)44-18-25-14-23(35)16-39(25)3)40-12-13-41(32(42)21(2)34)24(17-40)10-11-36/h4-9,23-25,29H,2,10,12-19H2,1,3H3/t23-,24-,25-,29?/m0/s1. The van der Waals surface area contributed by atoms with E-state index in [1.54, 1.807) is 0 Å². The van der Waals surface area contributed by atoms with Crippen molar-refractivity contribution in [2.24, 2.45) is 0 Å². The molecule has 3 aliphatic rings. The highest BCUT2D eigenvalue weighted by atomic mass is 19.1. The Morgan fingerprint density at radius 1 is 1.18 bits per heavy atom. The van der Waals surface area contributed by atoms with E-state index in [1.165, 1.54) is 10.5 Å². The maximum Gasteiger partial charge on any atom is 0.318 e. The highest BCUT2D eigenvalue weighted by Crippen LogP contribution is 2.39. The van der Waals surface area contributed by atoms with Crippen molar-refractivity contribution in [1.82, 2.24) is 19.8 Å². The summed E-state index contributed by atoms with van der Waals surface area (Å²) in [6.45, 7) is 6.96. The molecule has 0 bridgehead atoms. The molecule has 1 aromatic heterocycles. The molecular weight excluding hydrogens is 566 g/mol. The predicted molar refractivity (Wildman–Crippen MR) is 162 cm³/mol. The highest BCUT2D eigenvalue weighted by Gasteiger charge is 2.36. The van der Waals surface area contributed by atoms with Crippen LogP contribution in [0.5, 0.6) is 6.01 Å². The van der Waals surface area contributed by atoms with Gasteiger partial charge in [0, 0.05) is 44.2 Å². The van der Waals surface area contributed by atoms with Crippen LogP contribution in [0.25, 0.3) is 10.8 Å². The molecule has 0 radical (unpaired) electrons. The number of piperazine rings is 1. The third-order valence-corrected chi connectivity index (χ3v) is 8.99. The number of carbonyl (C=O) groups is 1. The summed E-state index contributed by atoms with van der Waals surface area (Å²) in [5.41, 5.74) is 3.86. The second-order valence-corrected chi connectivity index (χ2v) is 11.9. The van der Waals surface area contributed by atoms with Crippen LogP contribution >= 0.6 is 0 Å². The van der Waals surface area contributed by atoms with Crippen LogP contribution in [0.15, 0.2) is 48.8 Å². The summed E-state index contributed by atoms with van der Waals surface area (Å²) in [4.78, 5) is 27.4. The van der Waals surface area contributed by atoms with Crippen LogP contribution < -0.4 is 9.64 Å². The number of fused-ring (bicyclic) bond motifs is 2. The minimum absolute atomic E-state index is 0.0313. The molecule has 0 saturated carbocycles. The maximum atomic E-state index is 14.0. The average molecular weight is 603 g/mol. The number of rotatable bonds is 7. The molecule has 11 heteroatoms. The molecule has 2 aromatic carbocycles. The maximum absolute atomic E-state index is 14.0. The number of nitrogens with zero attached hydrogens (tertiary/aromatic N) is 6. The Kier molecular flexibility index (Phi) is 8.47. The fraction of sp³-hybridized carbons (Fsp3) is 0.455. The van der Waals surface area contributed by atoms with E-state index in [9.17, 15) is 18.8 Å². The number of hydrogen-bond donors (Lipinski definition) is 0. The Balaban J connectivity index is 1.34. The van der Waals surface area contributed by atoms with Crippen molar-refractivity contribution in [3.05, 3.63) is 71.2 Å². The summed E-state index contributed by atoms with van der Waals surface area (Å²) >= 11 is 0. The van der Waals surface area contributed by atoms with Gasteiger partial charge in [-0.15, -0.1) is 0 Å². The number of aromatic nitrogens is 2. The number of likely N-dealkylation sites (N-methyl/N-ethyl adjacent to an activating group) is 1. The summed E-state index contributed by atoms with van der Waals surface area (Å²) in [6.07, 6.45) is -0.230. The molecule has 6 rings (SSSR count). The van der Waals surface area contributed by atoms with Crippen LogP contribution in [-0.2, 0) is 22.6 Å². The first-order chi connectivity index (χ1) is 21.2. The van der Waals surface area contributed by atoms with Gasteiger partial charge in [0.1, 0.15) is 18.6 Å². The van der Waals surface area contributed by atoms with Gasteiger partial charge < -0.3 is 19.3 Å². The van der Waals surface area contributed by atoms with Crippen molar-refractivity contribution in [3.8, 4) is 12.1 Å². The van der Waals surface area contributed by atoms with Gasteiger partial charge >= 0.3 is 6.01 Å². The molecule has 9 nitrogen and oxygen atoms in total. The molecular formula is C33H36F2N6O3. The quantitative estimate of drug-likeness (QED) is 0.363. The van der Waals surface area contributed by atoms with Crippen molar-refractivity contribution < 1.29 is 23.0 Å². The molecule has 0 spiro atoms. The molecule has 2 saturated heterocycles. The van der Waals surface area contributed by atoms with E-state index in [1.807, 2.05) is 29.0 Å². The lowest BCUT2D eigenvalue weighted by Gasteiger charge is -2.42. The number of amides is 1. The second-order valence-electron chi connectivity index (χ2n) is 11.9. The van der Waals surface area contributed by atoms with Gasteiger partial charge in [-0.1, -0.05) is 43.0 Å². The summed E-state index contributed by atoms with van der Waals surface area (Å²) in [6, 6.07) is 14.1. The number of nitriles is 1. The van der Waals surface area contributed by atoms with Gasteiger partial charge in [0.25, 0.3) is 5.91 Å². The number of aryl methyl sites for hydroxylation is 1. The number of halogens is 2. The third-order valence-electron chi connectivity index (χ3n) is 8.99. The molecule has 2 fully saturated rings. The normalized spacial score (nSPS) is 23.8. The van der Waals surface area contributed by atoms with E-state index >= 15 is 0 Å². The van der Waals surface area contributed by atoms with E-state index in [-0.39, 0.29) is 50.9 Å². The first-order valence-electron chi connectivity index (χ1n) is 15.0. The molecule has 0 N–H and O–H groups in total. The number of ether oxygens (including phenoxy) is 2. The Bertz CT molecular complexity index is 1620. The number of benzene rings is 2. The van der Waals surface area contributed by atoms with Crippen LogP contribution in [0.3, 0.4) is 0 Å². The largest absolute Gasteiger partial charge is 0.462 e. The molecule has 230 valence electrons. The second kappa shape index (κ2) is 12.5. The first-order valence-corrected chi connectivity index (χ1v) is 15.0. The molecule has 4 atom stereocenters. The molecule has 4 heterocycles.